The molecule has 0 spiro atoms. The van der Waals surface area contributed by atoms with E-state index in [1.165, 1.54) is 11.1 Å². The van der Waals surface area contributed by atoms with Gasteiger partial charge in [0.1, 0.15) is 0 Å². The largest absolute Gasteiger partial charge is 0.383 e. The van der Waals surface area contributed by atoms with Crippen molar-refractivity contribution in [2.75, 3.05) is 27.3 Å². The normalized spacial score (nSPS) is 13.5. The van der Waals surface area contributed by atoms with E-state index in [2.05, 4.69) is 5.32 Å². The number of hydrogen-bond donors (Lipinski definition) is 1. The van der Waals surface area contributed by atoms with Gasteiger partial charge in [0.15, 0.2) is 0 Å². The number of amides is 1. The van der Waals surface area contributed by atoms with Crippen LogP contribution in [0.15, 0.2) is 18.2 Å². The summed E-state index contributed by atoms with van der Waals surface area (Å²) in [6, 6.07) is 5.92. The lowest BCUT2D eigenvalue weighted by atomic mass is 10.1. The zero-order chi connectivity index (χ0) is 12.3. The van der Waals surface area contributed by atoms with Crippen molar-refractivity contribution >= 4 is 5.91 Å². The number of benzene rings is 1. The number of nitrogens with zero attached hydrogens (tertiary/aromatic N) is 1. The molecule has 0 aliphatic carbocycles. The molecule has 0 bridgehead atoms. The van der Waals surface area contributed by atoms with Crippen LogP contribution in [0.3, 0.4) is 0 Å². The number of ether oxygens (including phenoxy) is 1. The monoisotopic (exact) mass is 234 g/mol. The molecule has 0 radical (unpaired) electrons. The number of carbonyl (C=O) groups excluding carboxylic acids is 1. The average Bonchev–Trinajstić information content (AvgIpc) is 2.81. The Labute approximate surface area is 102 Å². The fourth-order valence-electron chi connectivity index (χ4n) is 1.98. The molecule has 1 heterocycles. The van der Waals surface area contributed by atoms with Crippen LogP contribution in [0, 0.1) is 0 Å². The first-order chi connectivity index (χ1) is 8.22. The van der Waals surface area contributed by atoms with Crippen LogP contribution in [-0.2, 0) is 17.8 Å². The molecule has 1 aromatic rings. The first-order valence-electron chi connectivity index (χ1n) is 5.79. The van der Waals surface area contributed by atoms with Gasteiger partial charge in [-0.3, -0.25) is 4.79 Å². The molecule has 0 saturated heterocycles. The molecule has 1 aromatic carbocycles. The molecule has 1 amide bonds. The molecule has 0 aromatic heterocycles. The smallest absolute Gasteiger partial charge is 0.253 e. The molecule has 0 unspecified atom stereocenters. The van der Waals surface area contributed by atoms with Gasteiger partial charge in [-0.15, -0.1) is 0 Å². The van der Waals surface area contributed by atoms with Crippen molar-refractivity contribution in [3.8, 4) is 0 Å². The molecule has 0 atom stereocenters. The fraction of sp³-hybridized carbons (Fsp3) is 0.462. The second kappa shape index (κ2) is 5.29. The minimum atomic E-state index is 0.0525. The predicted molar refractivity (Wildman–Crippen MR) is 65.8 cm³/mol. The lowest BCUT2D eigenvalue weighted by Crippen LogP contribution is -2.30. The fourth-order valence-corrected chi connectivity index (χ4v) is 1.98. The minimum Gasteiger partial charge on any atom is -0.383 e. The highest BCUT2D eigenvalue weighted by molar-refractivity contribution is 5.94. The summed E-state index contributed by atoms with van der Waals surface area (Å²) in [5, 5.41) is 3.27. The number of methoxy groups -OCH3 is 1. The number of nitrogens with one attached hydrogen (secondary N) is 1. The quantitative estimate of drug-likeness (QED) is 0.845. The minimum absolute atomic E-state index is 0.0525. The van der Waals surface area contributed by atoms with Crippen molar-refractivity contribution in [2.45, 2.75) is 13.1 Å². The van der Waals surface area contributed by atoms with Crippen LogP contribution in [0.4, 0.5) is 0 Å². The van der Waals surface area contributed by atoms with Gasteiger partial charge in [-0.05, 0) is 23.3 Å². The Balaban J connectivity index is 2.09. The Kier molecular flexibility index (Phi) is 3.76. The van der Waals surface area contributed by atoms with Crippen molar-refractivity contribution in [3.63, 3.8) is 0 Å². The maximum absolute atomic E-state index is 12.1. The van der Waals surface area contributed by atoms with E-state index < -0.39 is 0 Å². The molecule has 4 nitrogen and oxygen atoms in total. The summed E-state index contributed by atoms with van der Waals surface area (Å²) in [5.41, 5.74) is 3.28. The molecule has 0 saturated carbocycles. The average molecular weight is 234 g/mol. The van der Waals surface area contributed by atoms with Gasteiger partial charge in [0, 0.05) is 39.4 Å². The Morgan fingerprint density at radius 3 is 2.94 bits per heavy atom. The summed E-state index contributed by atoms with van der Waals surface area (Å²) in [7, 11) is 3.44. The third kappa shape index (κ3) is 2.65. The summed E-state index contributed by atoms with van der Waals surface area (Å²) in [4.78, 5) is 13.8. The Morgan fingerprint density at radius 2 is 2.18 bits per heavy atom. The second-order valence-corrected chi connectivity index (χ2v) is 4.31. The van der Waals surface area contributed by atoms with Crippen molar-refractivity contribution in [3.05, 3.63) is 34.9 Å². The number of carbonyl (C=O) groups is 1. The Hall–Kier alpha value is -1.39. The summed E-state index contributed by atoms with van der Waals surface area (Å²) in [6.45, 7) is 2.95. The van der Waals surface area contributed by atoms with Gasteiger partial charge in [0.05, 0.1) is 6.61 Å². The zero-order valence-electron chi connectivity index (χ0n) is 10.3. The molecule has 1 aliphatic rings. The second-order valence-electron chi connectivity index (χ2n) is 4.31. The van der Waals surface area contributed by atoms with Crippen LogP contribution in [0.5, 0.6) is 0 Å². The van der Waals surface area contributed by atoms with E-state index in [1.54, 1.807) is 19.1 Å². The van der Waals surface area contributed by atoms with Crippen LogP contribution in [0.25, 0.3) is 0 Å². The van der Waals surface area contributed by atoms with Gasteiger partial charge in [0.2, 0.25) is 0 Å². The number of rotatable bonds is 4. The van der Waals surface area contributed by atoms with E-state index >= 15 is 0 Å². The van der Waals surface area contributed by atoms with Crippen LogP contribution in [-0.4, -0.2) is 38.1 Å². The van der Waals surface area contributed by atoms with Crippen molar-refractivity contribution in [2.24, 2.45) is 0 Å². The van der Waals surface area contributed by atoms with E-state index in [0.29, 0.717) is 13.2 Å². The van der Waals surface area contributed by atoms with E-state index in [4.69, 9.17) is 4.74 Å². The number of likely N-dealkylation sites (N-methyl/N-ethyl adjacent to an activating group) is 1. The summed E-state index contributed by atoms with van der Waals surface area (Å²) < 4.78 is 4.97. The van der Waals surface area contributed by atoms with Crippen LogP contribution in [0.2, 0.25) is 0 Å². The maximum atomic E-state index is 12.1. The van der Waals surface area contributed by atoms with E-state index in [0.717, 1.165) is 18.7 Å². The first-order valence-corrected chi connectivity index (χ1v) is 5.79. The standard InChI is InChI=1S/C13H18N2O2/c1-15(5-6-17-2)13(16)10-3-4-11-8-14-9-12(11)7-10/h3-4,7,14H,5-6,8-9H2,1-2H3. The van der Waals surface area contributed by atoms with Crippen LogP contribution in [0.1, 0.15) is 21.5 Å². The van der Waals surface area contributed by atoms with Gasteiger partial charge in [0.25, 0.3) is 5.91 Å². The van der Waals surface area contributed by atoms with Gasteiger partial charge < -0.3 is 15.0 Å². The Bertz CT molecular complexity index is 418. The summed E-state index contributed by atoms with van der Waals surface area (Å²) >= 11 is 0. The Morgan fingerprint density at radius 1 is 1.41 bits per heavy atom. The first kappa shape index (κ1) is 12.1. The topological polar surface area (TPSA) is 41.6 Å². The highest BCUT2D eigenvalue weighted by Gasteiger charge is 2.15. The molecule has 1 aliphatic heterocycles. The lowest BCUT2D eigenvalue weighted by Gasteiger charge is -2.17. The van der Waals surface area contributed by atoms with Gasteiger partial charge in [-0.2, -0.15) is 0 Å². The molecule has 0 fully saturated rings. The van der Waals surface area contributed by atoms with E-state index in [-0.39, 0.29) is 5.91 Å². The molecule has 92 valence electrons. The van der Waals surface area contributed by atoms with Gasteiger partial charge in [-0.1, -0.05) is 6.07 Å². The molecule has 4 heteroatoms. The zero-order valence-corrected chi connectivity index (χ0v) is 10.3. The number of hydrogen-bond acceptors (Lipinski definition) is 3. The molecule has 2 rings (SSSR count). The van der Waals surface area contributed by atoms with E-state index in [1.807, 2.05) is 18.2 Å². The molecular weight excluding hydrogens is 216 g/mol. The lowest BCUT2D eigenvalue weighted by molar-refractivity contribution is 0.0744. The highest BCUT2D eigenvalue weighted by atomic mass is 16.5. The van der Waals surface area contributed by atoms with Gasteiger partial charge in [-0.25, -0.2) is 0 Å². The number of fused-ring (bicyclic) bond motifs is 1. The van der Waals surface area contributed by atoms with Crippen molar-refractivity contribution < 1.29 is 9.53 Å². The third-order valence-electron chi connectivity index (χ3n) is 3.06. The SMILES string of the molecule is COCCN(C)C(=O)c1ccc2c(c1)CNC2. The van der Waals surface area contributed by atoms with E-state index in [9.17, 15) is 4.79 Å². The van der Waals surface area contributed by atoms with Crippen LogP contribution >= 0.6 is 0 Å². The molecule has 1 N–H and O–H groups in total. The predicted octanol–water partition coefficient (Wildman–Crippen LogP) is 1.01. The molecule has 17 heavy (non-hydrogen) atoms. The van der Waals surface area contributed by atoms with Crippen molar-refractivity contribution in [1.82, 2.24) is 10.2 Å². The summed E-state index contributed by atoms with van der Waals surface area (Å²) in [6.07, 6.45) is 0. The summed E-state index contributed by atoms with van der Waals surface area (Å²) in [5.74, 6) is 0.0525. The highest BCUT2D eigenvalue weighted by Crippen LogP contribution is 2.17. The third-order valence-corrected chi connectivity index (χ3v) is 3.06. The van der Waals surface area contributed by atoms with Crippen LogP contribution < -0.4 is 5.32 Å². The molecular formula is C13H18N2O2. The maximum Gasteiger partial charge on any atom is 0.253 e. The van der Waals surface area contributed by atoms with Crippen molar-refractivity contribution in [1.29, 1.82) is 0 Å². The van der Waals surface area contributed by atoms with Gasteiger partial charge >= 0.3 is 0 Å².